The number of amides is 1. The van der Waals surface area contributed by atoms with Crippen molar-refractivity contribution in [2.75, 3.05) is 27.4 Å². The molecule has 1 heterocycles. The van der Waals surface area contributed by atoms with Crippen LogP contribution >= 0.6 is 0 Å². The zero-order chi connectivity index (χ0) is 31.2. The number of allylic oxidation sites excluding steroid dienone is 5. The maximum absolute atomic E-state index is 13.7. The third-order valence-corrected chi connectivity index (χ3v) is 6.63. The third-order valence-electron chi connectivity index (χ3n) is 6.63. The SMILES string of the molecule is C=C(/C=C\C=C/C)CCC(NC(C)C(=O)N1Cc2cc(OC)c(OC)cc2CC1C(=O)OCCCO[N+](=O)[O-])C(=O)O. The highest BCUT2D eigenvalue weighted by atomic mass is 16.9. The average molecular weight is 590 g/mol. The largest absolute Gasteiger partial charge is 0.493 e. The molecule has 0 spiro atoms. The molecule has 42 heavy (non-hydrogen) atoms. The molecule has 1 aliphatic rings. The number of rotatable bonds is 17. The van der Waals surface area contributed by atoms with Crippen molar-refractivity contribution >= 4 is 17.8 Å². The number of fused-ring (bicyclic) bond motifs is 1. The van der Waals surface area contributed by atoms with Gasteiger partial charge in [0.25, 0.3) is 5.09 Å². The van der Waals surface area contributed by atoms with Gasteiger partial charge in [0.05, 0.1) is 33.5 Å². The number of carbonyl (C=O) groups is 3. The van der Waals surface area contributed by atoms with Crippen molar-refractivity contribution in [3.05, 3.63) is 69.8 Å². The predicted octanol–water partition coefficient (Wildman–Crippen LogP) is 3.00. The van der Waals surface area contributed by atoms with Crippen molar-refractivity contribution in [2.45, 2.75) is 64.2 Å². The molecule has 0 fully saturated rings. The van der Waals surface area contributed by atoms with E-state index in [0.717, 1.165) is 16.7 Å². The van der Waals surface area contributed by atoms with Gasteiger partial charge in [-0.1, -0.05) is 36.5 Å². The van der Waals surface area contributed by atoms with Gasteiger partial charge in [0.2, 0.25) is 5.91 Å². The van der Waals surface area contributed by atoms with Gasteiger partial charge in [-0.15, -0.1) is 10.1 Å². The van der Waals surface area contributed by atoms with Crippen LogP contribution in [0.25, 0.3) is 0 Å². The lowest BCUT2D eigenvalue weighted by Crippen LogP contribution is -2.56. The number of hydrogen-bond acceptors (Lipinski definition) is 10. The van der Waals surface area contributed by atoms with E-state index in [1.54, 1.807) is 25.1 Å². The minimum atomic E-state index is -1.12. The van der Waals surface area contributed by atoms with Crippen molar-refractivity contribution in [2.24, 2.45) is 0 Å². The standard InChI is InChI=1S/C29H39N3O10/c1-6-7-8-10-19(2)11-12-23(28(34)35)30-20(3)27(33)31-18-22-17-26(40-5)25(39-4)16-21(22)15-24(31)29(36)41-13-9-14-42-32(37)38/h6-8,10,16-17,20,23-24,30H,2,9,11-15,18H2,1,3-5H3,(H,34,35)/b7-6-,10-8-. The minimum Gasteiger partial charge on any atom is -0.493 e. The maximum Gasteiger partial charge on any atom is 0.329 e. The van der Waals surface area contributed by atoms with Crippen molar-refractivity contribution in [1.82, 2.24) is 10.2 Å². The Hall–Kier alpha value is -4.39. The summed E-state index contributed by atoms with van der Waals surface area (Å²) in [7, 11) is 2.98. The van der Waals surface area contributed by atoms with Crippen LogP contribution in [-0.4, -0.2) is 78.5 Å². The zero-order valence-corrected chi connectivity index (χ0v) is 24.4. The lowest BCUT2D eigenvalue weighted by molar-refractivity contribution is -0.757. The summed E-state index contributed by atoms with van der Waals surface area (Å²) in [6, 6.07) is 0.452. The number of carboxylic acid groups (broad SMARTS) is 1. The van der Waals surface area contributed by atoms with Crippen LogP contribution in [0.5, 0.6) is 11.5 Å². The first-order valence-corrected chi connectivity index (χ1v) is 13.5. The summed E-state index contributed by atoms with van der Waals surface area (Å²) in [6.07, 6.45) is 8.09. The Labute approximate surface area is 244 Å². The Balaban J connectivity index is 2.23. The molecule has 13 nitrogen and oxygen atoms in total. The normalized spacial score (nSPS) is 16.0. The van der Waals surface area contributed by atoms with Crippen LogP contribution in [0.15, 0.2) is 48.6 Å². The number of methoxy groups -OCH3 is 2. The molecule has 3 unspecified atom stereocenters. The smallest absolute Gasteiger partial charge is 0.329 e. The third kappa shape index (κ3) is 9.91. The number of aliphatic carboxylic acids is 1. The molecule has 0 radical (unpaired) electrons. The first-order chi connectivity index (χ1) is 20.0. The molecule has 1 aromatic carbocycles. The molecule has 1 aromatic rings. The van der Waals surface area contributed by atoms with Gasteiger partial charge in [-0.2, -0.15) is 0 Å². The van der Waals surface area contributed by atoms with Crippen LogP contribution in [0.1, 0.15) is 44.2 Å². The minimum absolute atomic E-state index is 0.0367. The van der Waals surface area contributed by atoms with Gasteiger partial charge in [0.1, 0.15) is 12.1 Å². The van der Waals surface area contributed by atoms with Crippen LogP contribution in [0.2, 0.25) is 0 Å². The van der Waals surface area contributed by atoms with Crippen LogP contribution in [0.4, 0.5) is 0 Å². The van der Waals surface area contributed by atoms with E-state index in [1.807, 2.05) is 25.2 Å². The van der Waals surface area contributed by atoms with E-state index >= 15 is 0 Å². The molecule has 2 N–H and O–H groups in total. The summed E-state index contributed by atoms with van der Waals surface area (Å²) in [5, 5.41) is 22.1. The van der Waals surface area contributed by atoms with E-state index in [1.165, 1.54) is 19.1 Å². The van der Waals surface area contributed by atoms with Gasteiger partial charge in [-0.25, -0.2) is 4.79 Å². The second-order valence-corrected chi connectivity index (χ2v) is 9.60. The molecule has 1 aliphatic heterocycles. The van der Waals surface area contributed by atoms with E-state index in [9.17, 15) is 29.6 Å². The first-order valence-electron chi connectivity index (χ1n) is 13.5. The summed E-state index contributed by atoms with van der Waals surface area (Å²) < 4.78 is 16.1. The number of carbonyl (C=O) groups excluding carboxylic acids is 2. The molecule has 3 atom stereocenters. The highest BCUT2D eigenvalue weighted by Gasteiger charge is 2.38. The van der Waals surface area contributed by atoms with Crippen LogP contribution < -0.4 is 14.8 Å². The Kier molecular flexibility index (Phi) is 13.5. The summed E-state index contributed by atoms with van der Waals surface area (Å²) in [6.45, 7) is 7.00. The van der Waals surface area contributed by atoms with Crippen molar-refractivity contribution < 1.29 is 43.6 Å². The molecule has 0 bridgehead atoms. The summed E-state index contributed by atoms with van der Waals surface area (Å²) in [5.41, 5.74) is 2.23. The van der Waals surface area contributed by atoms with Crippen molar-refractivity contribution in [1.29, 1.82) is 0 Å². The first kappa shape index (κ1) is 33.8. The number of carboxylic acids is 1. The van der Waals surface area contributed by atoms with Gasteiger partial charge in [-0.05, 0) is 49.9 Å². The van der Waals surface area contributed by atoms with E-state index in [2.05, 4.69) is 16.7 Å². The van der Waals surface area contributed by atoms with Crippen LogP contribution in [-0.2, 0) is 36.9 Å². The zero-order valence-electron chi connectivity index (χ0n) is 24.4. The van der Waals surface area contributed by atoms with Crippen LogP contribution in [0, 0.1) is 10.1 Å². The number of esters is 1. The molecular formula is C29H39N3O10. The Bertz CT molecular complexity index is 1200. The highest BCUT2D eigenvalue weighted by Crippen LogP contribution is 2.35. The van der Waals surface area contributed by atoms with E-state index < -0.39 is 41.1 Å². The Morgan fingerprint density at radius 2 is 1.86 bits per heavy atom. The number of nitrogens with one attached hydrogen (secondary N) is 1. The molecule has 0 saturated heterocycles. The predicted molar refractivity (Wildman–Crippen MR) is 152 cm³/mol. The molecule has 0 aromatic heterocycles. The quantitative estimate of drug-likeness (QED) is 0.0901. The maximum atomic E-state index is 13.7. The molecule has 0 aliphatic carbocycles. The monoisotopic (exact) mass is 589 g/mol. The molecular weight excluding hydrogens is 550 g/mol. The number of nitrogens with zero attached hydrogens (tertiary/aromatic N) is 2. The van der Waals surface area contributed by atoms with Gasteiger partial charge < -0.3 is 29.1 Å². The van der Waals surface area contributed by atoms with Gasteiger partial charge in [0.15, 0.2) is 11.5 Å². The average Bonchev–Trinajstić information content (AvgIpc) is 2.96. The number of hydrogen-bond donors (Lipinski definition) is 2. The highest BCUT2D eigenvalue weighted by molar-refractivity contribution is 5.89. The lowest BCUT2D eigenvalue weighted by Gasteiger charge is -2.37. The molecule has 13 heteroatoms. The molecule has 230 valence electrons. The van der Waals surface area contributed by atoms with E-state index in [4.69, 9.17) is 14.2 Å². The molecule has 1 amide bonds. The molecule has 2 rings (SSSR count). The lowest BCUT2D eigenvalue weighted by atomic mass is 9.92. The Morgan fingerprint density at radius 1 is 1.19 bits per heavy atom. The summed E-state index contributed by atoms with van der Waals surface area (Å²) >= 11 is 0. The number of benzene rings is 1. The molecule has 0 saturated carbocycles. The Morgan fingerprint density at radius 3 is 2.45 bits per heavy atom. The number of ether oxygens (including phenoxy) is 3. The van der Waals surface area contributed by atoms with Crippen molar-refractivity contribution in [3.8, 4) is 11.5 Å². The fraction of sp³-hybridized carbons (Fsp3) is 0.483. The van der Waals surface area contributed by atoms with E-state index in [-0.39, 0.29) is 39.0 Å². The van der Waals surface area contributed by atoms with Gasteiger partial charge in [0, 0.05) is 19.4 Å². The van der Waals surface area contributed by atoms with Crippen LogP contribution in [0.3, 0.4) is 0 Å². The fourth-order valence-corrected chi connectivity index (χ4v) is 4.44. The second-order valence-electron chi connectivity index (χ2n) is 9.60. The fourth-order valence-electron chi connectivity index (χ4n) is 4.44. The summed E-state index contributed by atoms with van der Waals surface area (Å²) in [5.74, 6) is -1.39. The van der Waals surface area contributed by atoms with E-state index in [0.29, 0.717) is 17.9 Å². The topological polar surface area (TPSA) is 167 Å². The summed E-state index contributed by atoms with van der Waals surface area (Å²) in [4.78, 5) is 54.8. The van der Waals surface area contributed by atoms with Gasteiger partial charge in [-0.3, -0.25) is 14.9 Å². The second kappa shape index (κ2) is 16.8. The van der Waals surface area contributed by atoms with Gasteiger partial charge >= 0.3 is 11.9 Å². The van der Waals surface area contributed by atoms with Crippen molar-refractivity contribution in [3.63, 3.8) is 0 Å².